The number of aromatic nitrogens is 3. The first-order valence-electron chi connectivity index (χ1n) is 11.1. The lowest BCUT2D eigenvalue weighted by Gasteiger charge is -2.35. The molecule has 0 radical (unpaired) electrons. The predicted molar refractivity (Wildman–Crippen MR) is 122 cm³/mol. The lowest BCUT2D eigenvalue weighted by Crippen LogP contribution is -2.41. The topological polar surface area (TPSA) is 71.1 Å². The number of rotatable bonds is 4. The normalized spacial score (nSPS) is 17.9. The molecule has 2 aliphatic rings. The number of nitrogens with zero attached hydrogens (tertiary/aromatic N) is 3. The van der Waals surface area contributed by atoms with Crippen molar-refractivity contribution in [2.24, 2.45) is 0 Å². The van der Waals surface area contributed by atoms with Gasteiger partial charge in [-0.1, -0.05) is 30.3 Å². The van der Waals surface area contributed by atoms with Gasteiger partial charge in [-0.2, -0.15) is 0 Å². The van der Waals surface area contributed by atoms with Gasteiger partial charge in [-0.3, -0.25) is 9.78 Å². The van der Waals surface area contributed by atoms with E-state index in [9.17, 15) is 4.79 Å². The standard InChI is InChI=1S/C26H24N4O2/c1-32-18-10-8-17(9-11-18)25-24-22(27-15-28-24)12-13-30(25)26(31)20-14-23(16-6-7-16)29-21-5-3-2-4-19(20)21/h2-5,8-11,14-16,25H,6-7,12-13H2,1H3,(H,27,28). The number of carbonyl (C=O) groups excluding carboxylic acids is 1. The number of fused-ring (bicyclic) bond motifs is 2. The second-order valence-electron chi connectivity index (χ2n) is 8.58. The van der Waals surface area contributed by atoms with Gasteiger partial charge in [0.2, 0.25) is 0 Å². The molecule has 2 aromatic heterocycles. The maximum atomic E-state index is 14.1. The number of carbonyl (C=O) groups is 1. The average molecular weight is 425 g/mol. The Hall–Kier alpha value is -3.67. The highest BCUT2D eigenvalue weighted by Crippen LogP contribution is 2.41. The van der Waals surface area contributed by atoms with E-state index in [0.29, 0.717) is 12.5 Å². The second-order valence-corrected chi connectivity index (χ2v) is 8.58. The summed E-state index contributed by atoms with van der Waals surface area (Å²) in [5, 5.41) is 0.906. The summed E-state index contributed by atoms with van der Waals surface area (Å²) < 4.78 is 5.33. The van der Waals surface area contributed by atoms with E-state index < -0.39 is 0 Å². The number of methoxy groups -OCH3 is 1. The molecule has 1 N–H and O–H groups in total. The van der Waals surface area contributed by atoms with Crippen molar-refractivity contribution < 1.29 is 9.53 Å². The first kappa shape index (κ1) is 19.0. The van der Waals surface area contributed by atoms with Crippen LogP contribution in [0.2, 0.25) is 0 Å². The van der Waals surface area contributed by atoms with Gasteiger partial charge >= 0.3 is 0 Å². The minimum atomic E-state index is -0.250. The van der Waals surface area contributed by atoms with E-state index in [0.717, 1.165) is 64.1 Å². The number of benzene rings is 2. The minimum Gasteiger partial charge on any atom is -0.497 e. The van der Waals surface area contributed by atoms with Crippen LogP contribution in [0.5, 0.6) is 5.75 Å². The summed E-state index contributed by atoms with van der Waals surface area (Å²) in [6.07, 6.45) is 4.77. The number of ether oxygens (including phenoxy) is 1. The number of aromatic amines is 1. The fourth-order valence-electron chi connectivity index (χ4n) is 4.74. The molecule has 1 aliphatic heterocycles. The first-order chi connectivity index (χ1) is 15.7. The number of imidazole rings is 1. The number of hydrogen-bond acceptors (Lipinski definition) is 4. The summed E-state index contributed by atoms with van der Waals surface area (Å²) in [7, 11) is 1.66. The molecule has 6 heteroatoms. The van der Waals surface area contributed by atoms with Crippen LogP contribution < -0.4 is 4.74 Å². The zero-order chi connectivity index (χ0) is 21.7. The highest BCUT2D eigenvalue weighted by Gasteiger charge is 2.36. The molecule has 0 spiro atoms. The first-order valence-corrected chi connectivity index (χ1v) is 11.1. The summed E-state index contributed by atoms with van der Waals surface area (Å²) in [5.74, 6) is 1.29. The van der Waals surface area contributed by atoms with Gasteiger partial charge in [-0.15, -0.1) is 0 Å². The quantitative estimate of drug-likeness (QED) is 0.518. The lowest BCUT2D eigenvalue weighted by atomic mass is 9.94. The average Bonchev–Trinajstić information content (AvgIpc) is 3.59. The van der Waals surface area contributed by atoms with Gasteiger partial charge in [0.1, 0.15) is 11.8 Å². The molecular formula is C26H24N4O2. The number of amides is 1. The molecule has 0 bridgehead atoms. The third-order valence-electron chi connectivity index (χ3n) is 6.58. The van der Waals surface area contributed by atoms with Crippen LogP contribution in [0.25, 0.3) is 10.9 Å². The van der Waals surface area contributed by atoms with Gasteiger partial charge < -0.3 is 14.6 Å². The van der Waals surface area contributed by atoms with E-state index in [1.165, 1.54) is 0 Å². The molecule has 4 aromatic rings. The summed E-state index contributed by atoms with van der Waals surface area (Å²) in [6, 6.07) is 17.6. The molecule has 1 aliphatic carbocycles. The van der Waals surface area contributed by atoms with Gasteiger partial charge in [-0.25, -0.2) is 4.98 Å². The van der Waals surface area contributed by atoms with Crippen molar-refractivity contribution in [3.63, 3.8) is 0 Å². The number of H-pyrrole nitrogens is 1. The zero-order valence-electron chi connectivity index (χ0n) is 17.9. The predicted octanol–water partition coefficient (Wildman–Crippen LogP) is 4.63. The number of pyridine rings is 1. The Morgan fingerprint density at radius 3 is 2.72 bits per heavy atom. The minimum absolute atomic E-state index is 0.0277. The molecule has 6 rings (SSSR count). The Labute approximate surface area is 186 Å². The summed E-state index contributed by atoms with van der Waals surface area (Å²) in [6.45, 7) is 0.625. The molecule has 1 fully saturated rings. The van der Waals surface area contributed by atoms with Crippen LogP contribution in [0.3, 0.4) is 0 Å². The van der Waals surface area contributed by atoms with E-state index >= 15 is 0 Å². The summed E-state index contributed by atoms with van der Waals surface area (Å²) in [5.41, 5.74) is 5.68. The van der Waals surface area contributed by atoms with Gasteiger partial charge in [0, 0.05) is 35.7 Å². The highest BCUT2D eigenvalue weighted by molar-refractivity contribution is 6.06. The lowest BCUT2D eigenvalue weighted by molar-refractivity contribution is 0.0692. The monoisotopic (exact) mass is 424 g/mol. The molecule has 1 atom stereocenters. The largest absolute Gasteiger partial charge is 0.497 e. The molecule has 2 aromatic carbocycles. The maximum absolute atomic E-state index is 14.1. The smallest absolute Gasteiger partial charge is 0.255 e. The van der Waals surface area contributed by atoms with Crippen LogP contribution in [0.4, 0.5) is 0 Å². The molecule has 160 valence electrons. The van der Waals surface area contributed by atoms with Crippen LogP contribution in [0.1, 0.15) is 57.8 Å². The Morgan fingerprint density at radius 1 is 1.12 bits per heavy atom. The van der Waals surface area contributed by atoms with E-state index in [4.69, 9.17) is 9.72 Å². The van der Waals surface area contributed by atoms with Crippen LogP contribution in [-0.4, -0.2) is 39.4 Å². The van der Waals surface area contributed by atoms with Crippen molar-refractivity contribution in [2.45, 2.75) is 31.2 Å². The SMILES string of the molecule is COc1ccc(C2c3nc[nH]c3CCN2C(=O)c2cc(C3CC3)nc3ccccc23)cc1. The van der Waals surface area contributed by atoms with E-state index in [1.807, 2.05) is 59.5 Å². The third-order valence-corrected chi connectivity index (χ3v) is 6.58. The van der Waals surface area contributed by atoms with Crippen molar-refractivity contribution in [3.05, 3.63) is 89.1 Å². The molecular weight excluding hydrogens is 400 g/mol. The summed E-state index contributed by atoms with van der Waals surface area (Å²) in [4.78, 5) is 28.8. The Morgan fingerprint density at radius 2 is 1.94 bits per heavy atom. The molecule has 1 unspecified atom stereocenters. The van der Waals surface area contributed by atoms with Crippen LogP contribution >= 0.6 is 0 Å². The number of hydrogen-bond donors (Lipinski definition) is 1. The van der Waals surface area contributed by atoms with Crippen molar-refractivity contribution in [2.75, 3.05) is 13.7 Å². The van der Waals surface area contributed by atoms with E-state index in [1.54, 1.807) is 13.4 Å². The van der Waals surface area contributed by atoms with Crippen molar-refractivity contribution in [3.8, 4) is 5.75 Å². The molecule has 6 nitrogen and oxygen atoms in total. The van der Waals surface area contributed by atoms with E-state index in [2.05, 4.69) is 9.97 Å². The third kappa shape index (κ3) is 3.14. The molecule has 3 heterocycles. The highest BCUT2D eigenvalue weighted by atomic mass is 16.5. The Kier molecular flexibility index (Phi) is 4.45. The Balaban J connectivity index is 1.47. The summed E-state index contributed by atoms with van der Waals surface area (Å²) >= 11 is 0. The van der Waals surface area contributed by atoms with Crippen molar-refractivity contribution in [1.82, 2.24) is 19.9 Å². The van der Waals surface area contributed by atoms with Crippen LogP contribution in [-0.2, 0) is 6.42 Å². The van der Waals surface area contributed by atoms with Gasteiger partial charge in [0.05, 0.1) is 30.2 Å². The van der Waals surface area contributed by atoms with Gasteiger partial charge in [0.25, 0.3) is 5.91 Å². The molecule has 1 saturated carbocycles. The Bertz CT molecular complexity index is 1310. The fourth-order valence-corrected chi connectivity index (χ4v) is 4.74. The number of para-hydroxylation sites is 1. The van der Waals surface area contributed by atoms with Crippen LogP contribution in [0, 0.1) is 0 Å². The molecule has 32 heavy (non-hydrogen) atoms. The molecule has 1 amide bonds. The van der Waals surface area contributed by atoms with Crippen molar-refractivity contribution >= 4 is 16.8 Å². The van der Waals surface area contributed by atoms with Crippen LogP contribution in [0.15, 0.2) is 60.9 Å². The maximum Gasteiger partial charge on any atom is 0.255 e. The zero-order valence-corrected chi connectivity index (χ0v) is 17.9. The van der Waals surface area contributed by atoms with Gasteiger partial charge in [0.15, 0.2) is 0 Å². The number of nitrogens with one attached hydrogen (secondary N) is 1. The van der Waals surface area contributed by atoms with Crippen molar-refractivity contribution in [1.29, 1.82) is 0 Å². The fraction of sp³-hybridized carbons (Fsp3) is 0.269. The van der Waals surface area contributed by atoms with E-state index in [-0.39, 0.29) is 11.9 Å². The molecule has 0 saturated heterocycles. The second kappa shape index (κ2) is 7.48. The van der Waals surface area contributed by atoms with Gasteiger partial charge in [-0.05, 0) is 42.7 Å².